The normalized spacial score (nSPS) is 31.7. The number of hydrogen-bond acceptors (Lipinski definition) is 2. The van der Waals surface area contributed by atoms with Gasteiger partial charge >= 0.3 is 5.69 Å². The highest BCUT2D eigenvalue weighted by Crippen LogP contribution is 2.45. The second-order valence-electron chi connectivity index (χ2n) is 7.91. The zero-order chi connectivity index (χ0) is 16.0. The topological polar surface area (TPSA) is 49.8 Å². The number of benzene rings is 1. The number of H-pyrrole nitrogens is 1. The maximum atomic E-state index is 12.4. The zero-order valence-corrected chi connectivity index (χ0v) is 14.2. The Bertz CT molecular complexity index is 759. The molecule has 2 fully saturated rings. The van der Waals surface area contributed by atoms with Crippen molar-refractivity contribution >= 4 is 11.0 Å². The first-order valence-corrected chi connectivity index (χ1v) is 8.98. The van der Waals surface area contributed by atoms with Crippen LogP contribution in [0.2, 0.25) is 0 Å². The quantitative estimate of drug-likeness (QED) is 0.893. The van der Waals surface area contributed by atoms with Crippen molar-refractivity contribution < 1.29 is 0 Å². The summed E-state index contributed by atoms with van der Waals surface area (Å²) in [4.78, 5) is 15.5. The van der Waals surface area contributed by atoms with Gasteiger partial charge in [0.05, 0.1) is 11.0 Å². The molecule has 0 bridgehead atoms. The van der Waals surface area contributed by atoms with Crippen molar-refractivity contribution in [2.75, 3.05) is 13.1 Å². The number of nitrogens with zero attached hydrogens (tertiary/aromatic N) is 1. The summed E-state index contributed by atoms with van der Waals surface area (Å²) in [5.41, 5.74) is 3.76. The Kier molecular flexibility index (Phi) is 3.60. The molecule has 1 aliphatic carbocycles. The fraction of sp³-hybridized carbons (Fsp3) is 0.632. The van der Waals surface area contributed by atoms with Gasteiger partial charge in [-0.05, 0) is 74.6 Å². The Morgan fingerprint density at radius 1 is 1.22 bits per heavy atom. The molecule has 0 radical (unpaired) electrons. The summed E-state index contributed by atoms with van der Waals surface area (Å²) in [6.07, 6.45) is 6.04. The molecule has 0 spiro atoms. The molecule has 1 aromatic carbocycles. The standard InChI is InChI=1S/C19H27N3O/c1-13-3-8-17-16(11-13)21-18(23)22(17)15-6-4-14(5-7-15)19(2)9-10-20-12-19/h3,8,11,14-15,20H,4-7,9-10,12H2,1-2H3,(H,21,23). The number of imidazole rings is 1. The minimum atomic E-state index is 0.0581. The number of aromatic amines is 1. The number of fused-ring (bicyclic) bond motifs is 1. The molecule has 2 aliphatic rings. The molecule has 2 aromatic rings. The van der Waals surface area contributed by atoms with Crippen LogP contribution in [-0.4, -0.2) is 22.6 Å². The molecular weight excluding hydrogens is 286 g/mol. The number of hydrogen-bond donors (Lipinski definition) is 2. The van der Waals surface area contributed by atoms with Gasteiger partial charge in [-0.25, -0.2) is 4.79 Å². The average molecular weight is 313 g/mol. The van der Waals surface area contributed by atoms with Crippen molar-refractivity contribution in [3.05, 3.63) is 34.2 Å². The van der Waals surface area contributed by atoms with Gasteiger partial charge in [-0.2, -0.15) is 0 Å². The summed E-state index contributed by atoms with van der Waals surface area (Å²) in [6.45, 7) is 6.83. The summed E-state index contributed by atoms with van der Waals surface area (Å²) >= 11 is 0. The van der Waals surface area contributed by atoms with E-state index in [4.69, 9.17) is 0 Å². The summed E-state index contributed by atoms with van der Waals surface area (Å²) in [7, 11) is 0. The minimum absolute atomic E-state index is 0.0581. The smallest absolute Gasteiger partial charge is 0.316 e. The van der Waals surface area contributed by atoms with E-state index in [2.05, 4.69) is 42.3 Å². The van der Waals surface area contributed by atoms with Crippen molar-refractivity contribution in [3.63, 3.8) is 0 Å². The molecule has 1 saturated carbocycles. The highest BCUT2D eigenvalue weighted by atomic mass is 16.1. The van der Waals surface area contributed by atoms with Gasteiger partial charge in [0, 0.05) is 12.6 Å². The monoisotopic (exact) mass is 313 g/mol. The number of aryl methyl sites for hydroxylation is 1. The van der Waals surface area contributed by atoms with Crippen LogP contribution in [0.25, 0.3) is 11.0 Å². The van der Waals surface area contributed by atoms with E-state index in [1.165, 1.54) is 24.8 Å². The molecule has 1 unspecified atom stereocenters. The van der Waals surface area contributed by atoms with Crippen molar-refractivity contribution in [2.45, 2.75) is 52.0 Å². The summed E-state index contributed by atoms with van der Waals surface area (Å²) in [5, 5.41) is 3.53. The van der Waals surface area contributed by atoms with E-state index in [1.807, 2.05) is 4.57 Å². The molecule has 2 N–H and O–H groups in total. The van der Waals surface area contributed by atoms with E-state index in [1.54, 1.807) is 0 Å². The predicted molar refractivity (Wildman–Crippen MR) is 93.9 cm³/mol. The van der Waals surface area contributed by atoms with Crippen LogP contribution in [0, 0.1) is 18.3 Å². The summed E-state index contributed by atoms with van der Waals surface area (Å²) in [5.74, 6) is 0.803. The Labute approximate surface area is 137 Å². The van der Waals surface area contributed by atoms with Gasteiger partial charge in [0.25, 0.3) is 0 Å². The molecule has 124 valence electrons. The van der Waals surface area contributed by atoms with Gasteiger partial charge in [0.2, 0.25) is 0 Å². The molecule has 1 saturated heterocycles. The zero-order valence-electron chi connectivity index (χ0n) is 14.2. The molecule has 0 amide bonds. The van der Waals surface area contributed by atoms with Crippen molar-refractivity contribution in [1.29, 1.82) is 0 Å². The predicted octanol–water partition coefficient (Wildman–Crippen LogP) is 3.37. The van der Waals surface area contributed by atoms with Crippen molar-refractivity contribution in [2.24, 2.45) is 11.3 Å². The average Bonchev–Trinajstić information content (AvgIpc) is 3.11. The van der Waals surface area contributed by atoms with Gasteiger partial charge in [-0.15, -0.1) is 0 Å². The van der Waals surface area contributed by atoms with Gasteiger partial charge in [-0.3, -0.25) is 4.57 Å². The molecular formula is C19H27N3O. The molecule has 4 rings (SSSR count). The second-order valence-corrected chi connectivity index (χ2v) is 7.91. The number of aromatic nitrogens is 2. The Morgan fingerprint density at radius 3 is 2.70 bits per heavy atom. The van der Waals surface area contributed by atoms with Crippen LogP contribution in [0.1, 0.15) is 50.6 Å². The van der Waals surface area contributed by atoms with E-state index in [0.717, 1.165) is 42.9 Å². The van der Waals surface area contributed by atoms with Gasteiger partial charge in [0.15, 0.2) is 0 Å². The van der Waals surface area contributed by atoms with Crippen LogP contribution < -0.4 is 11.0 Å². The lowest BCUT2D eigenvalue weighted by Crippen LogP contribution is -2.34. The Hall–Kier alpha value is -1.55. The van der Waals surface area contributed by atoms with Crippen LogP contribution >= 0.6 is 0 Å². The van der Waals surface area contributed by atoms with Gasteiger partial charge < -0.3 is 10.3 Å². The molecule has 23 heavy (non-hydrogen) atoms. The first kappa shape index (κ1) is 15.0. The minimum Gasteiger partial charge on any atom is -0.316 e. The summed E-state index contributed by atoms with van der Waals surface area (Å²) in [6, 6.07) is 6.62. The third kappa shape index (κ3) is 2.53. The highest BCUT2D eigenvalue weighted by Gasteiger charge is 2.39. The fourth-order valence-electron chi connectivity index (χ4n) is 4.82. The number of nitrogens with one attached hydrogen (secondary N) is 2. The van der Waals surface area contributed by atoms with Crippen LogP contribution in [-0.2, 0) is 0 Å². The van der Waals surface area contributed by atoms with E-state index in [0.29, 0.717) is 11.5 Å². The van der Waals surface area contributed by atoms with Crippen LogP contribution in [0.5, 0.6) is 0 Å². The maximum Gasteiger partial charge on any atom is 0.326 e. The third-order valence-electron chi connectivity index (χ3n) is 6.32. The molecule has 2 heterocycles. The van der Waals surface area contributed by atoms with Crippen LogP contribution in [0.4, 0.5) is 0 Å². The van der Waals surface area contributed by atoms with E-state index in [-0.39, 0.29) is 5.69 Å². The largest absolute Gasteiger partial charge is 0.326 e. The number of rotatable bonds is 2. The Morgan fingerprint density at radius 2 is 2.00 bits per heavy atom. The molecule has 4 nitrogen and oxygen atoms in total. The van der Waals surface area contributed by atoms with E-state index >= 15 is 0 Å². The lowest BCUT2D eigenvalue weighted by atomic mass is 9.68. The van der Waals surface area contributed by atoms with E-state index in [9.17, 15) is 4.79 Å². The lowest BCUT2D eigenvalue weighted by Gasteiger charge is -2.39. The lowest BCUT2D eigenvalue weighted by molar-refractivity contribution is 0.135. The van der Waals surface area contributed by atoms with Crippen molar-refractivity contribution in [1.82, 2.24) is 14.9 Å². The highest BCUT2D eigenvalue weighted by molar-refractivity contribution is 5.76. The SMILES string of the molecule is Cc1ccc2c(c1)[nH]c(=O)n2C1CCC(C2(C)CCNC2)CC1. The fourth-order valence-corrected chi connectivity index (χ4v) is 4.82. The first-order valence-electron chi connectivity index (χ1n) is 8.98. The Balaban J connectivity index is 1.57. The van der Waals surface area contributed by atoms with Crippen LogP contribution in [0.15, 0.2) is 23.0 Å². The van der Waals surface area contributed by atoms with Crippen LogP contribution in [0.3, 0.4) is 0 Å². The summed E-state index contributed by atoms with van der Waals surface area (Å²) < 4.78 is 2.01. The second kappa shape index (κ2) is 5.52. The maximum absolute atomic E-state index is 12.4. The third-order valence-corrected chi connectivity index (χ3v) is 6.32. The van der Waals surface area contributed by atoms with Crippen molar-refractivity contribution in [3.8, 4) is 0 Å². The molecule has 1 atom stereocenters. The molecule has 4 heteroatoms. The first-order chi connectivity index (χ1) is 11.1. The molecule has 1 aromatic heterocycles. The van der Waals surface area contributed by atoms with Gasteiger partial charge in [-0.1, -0.05) is 13.0 Å². The van der Waals surface area contributed by atoms with Gasteiger partial charge in [0.1, 0.15) is 0 Å². The molecule has 1 aliphatic heterocycles. The van der Waals surface area contributed by atoms with E-state index < -0.39 is 0 Å².